The zero-order valence-electron chi connectivity index (χ0n) is 23.2. The molecule has 0 atom stereocenters. The monoisotopic (exact) mass is 560 g/mol. The highest BCUT2D eigenvalue weighted by Gasteiger charge is 2.20. The molecule has 0 spiro atoms. The summed E-state index contributed by atoms with van der Waals surface area (Å²) in [4.78, 5) is 26.3. The number of aromatic hydroxyl groups is 1. The van der Waals surface area contributed by atoms with Gasteiger partial charge in [-0.1, -0.05) is 48.5 Å². The summed E-state index contributed by atoms with van der Waals surface area (Å²) >= 11 is 0. The van der Waals surface area contributed by atoms with Crippen LogP contribution in [0, 0.1) is 6.92 Å². The summed E-state index contributed by atoms with van der Waals surface area (Å²) in [5, 5.41) is 26.9. The quantitative estimate of drug-likeness (QED) is 0.167. The molecular formula is C33H28N4O5. The van der Waals surface area contributed by atoms with Gasteiger partial charge in [0.2, 0.25) is 0 Å². The van der Waals surface area contributed by atoms with Gasteiger partial charge in [0.25, 0.3) is 11.8 Å². The molecule has 0 saturated heterocycles. The Balaban J connectivity index is 1.52. The summed E-state index contributed by atoms with van der Waals surface area (Å²) in [5.74, 6) is -0.371. The molecule has 0 fully saturated rings. The van der Waals surface area contributed by atoms with Gasteiger partial charge in [-0.25, -0.2) is 0 Å². The molecule has 0 radical (unpaired) electrons. The topological polar surface area (TPSA) is 122 Å². The van der Waals surface area contributed by atoms with E-state index in [9.17, 15) is 14.7 Å². The van der Waals surface area contributed by atoms with Crippen LogP contribution >= 0.6 is 0 Å². The van der Waals surface area contributed by atoms with E-state index >= 15 is 0 Å². The van der Waals surface area contributed by atoms with Gasteiger partial charge < -0.3 is 25.2 Å². The van der Waals surface area contributed by atoms with Crippen LogP contribution in [0.25, 0.3) is 10.8 Å². The molecule has 0 aliphatic carbocycles. The molecule has 0 saturated carbocycles. The van der Waals surface area contributed by atoms with Gasteiger partial charge in [-0.3, -0.25) is 9.59 Å². The van der Waals surface area contributed by atoms with Crippen molar-refractivity contribution in [3.63, 3.8) is 0 Å². The summed E-state index contributed by atoms with van der Waals surface area (Å²) < 4.78 is 10.8. The van der Waals surface area contributed by atoms with Crippen molar-refractivity contribution in [2.24, 2.45) is 10.2 Å². The summed E-state index contributed by atoms with van der Waals surface area (Å²) in [6.45, 7) is 1.90. The Morgan fingerprint density at radius 2 is 1.45 bits per heavy atom. The second-order valence-electron chi connectivity index (χ2n) is 9.41. The number of phenolic OH excluding ortho intramolecular Hbond substituents is 1. The van der Waals surface area contributed by atoms with Gasteiger partial charge >= 0.3 is 0 Å². The molecular weight excluding hydrogens is 532 g/mol. The van der Waals surface area contributed by atoms with Crippen LogP contribution in [0.3, 0.4) is 0 Å². The van der Waals surface area contributed by atoms with Crippen molar-refractivity contribution < 1.29 is 24.2 Å². The molecule has 9 heteroatoms. The van der Waals surface area contributed by atoms with Crippen LogP contribution in [0.15, 0.2) is 107 Å². The molecule has 0 aromatic heterocycles. The number of amides is 2. The highest BCUT2D eigenvalue weighted by Crippen LogP contribution is 2.41. The highest BCUT2D eigenvalue weighted by atomic mass is 16.5. The van der Waals surface area contributed by atoms with E-state index in [1.165, 1.54) is 14.2 Å². The lowest BCUT2D eigenvalue weighted by atomic mass is 10.0. The molecule has 3 N–H and O–H groups in total. The van der Waals surface area contributed by atoms with Crippen molar-refractivity contribution in [1.29, 1.82) is 0 Å². The lowest BCUT2D eigenvalue weighted by Crippen LogP contribution is -2.13. The third-order valence-corrected chi connectivity index (χ3v) is 6.57. The molecule has 0 aliphatic heterocycles. The smallest absolute Gasteiger partial charge is 0.259 e. The van der Waals surface area contributed by atoms with Crippen molar-refractivity contribution in [3.8, 4) is 17.2 Å². The fourth-order valence-electron chi connectivity index (χ4n) is 4.44. The molecule has 42 heavy (non-hydrogen) atoms. The van der Waals surface area contributed by atoms with Crippen LogP contribution in [0.4, 0.5) is 22.7 Å². The molecule has 2 amide bonds. The van der Waals surface area contributed by atoms with Crippen molar-refractivity contribution in [2.75, 3.05) is 24.9 Å². The number of nitrogens with zero attached hydrogens (tertiary/aromatic N) is 2. The van der Waals surface area contributed by atoms with Crippen LogP contribution in [0.5, 0.6) is 17.2 Å². The van der Waals surface area contributed by atoms with E-state index in [0.29, 0.717) is 39.2 Å². The Kier molecular flexibility index (Phi) is 8.10. The minimum Gasteiger partial charge on any atom is -0.505 e. The minimum atomic E-state index is -0.546. The Labute approximate surface area is 242 Å². The maximum absolute atomic E-state index is 13.4. The predicted octanol–water partition coefficient (Wildman–Crippen LogP) is 7.79. The predicted molar refractivity (Wildman–Crippen MR) is 163 cm³/mol. The van der Waals surface area contributed by atoms with Crippen LogP contribution in [0.2, 0.25) is 0 Å². The van der Waals surface area contributed by atoms with Gasteiger partial charge in [0.15, 0.2) is 5.75 Å². The number of hydrogen-bond acceptors (Lipinski definition) is 7. The molecule has 0 aliphatic rings. The number of hydrogen-bond donors (Lipinski definition) is 3. The number of azo groups is 1. The Hall–Kier alpha value is -5.70. The van der Waals surface area contributed by atoms with Crippen LogP contribution in [0.1, 0.15) is 26.3 Å². The van der Waals surface area contributed by atoms with Gasteiger partial charge in [-0.15, -0.1) is 10.2 Å². The summed E-state index contributed by atoms with van der Waals surface area (Å²) in [6.07, 6.45) is 0. The molecule has 0 heterocycles. The number of anilines is 2. The largest absolute Gasteiger partial charge is 0.505 e. The van der Waals surface area contributed by atoms with E-state index in [1.807, 2.05) is 43.3 Å². The lowest BCUT2D eigenvalue weighted by molar-refractivity contribution is 0.101. The van der Waals surface area contributed by atoms with E-state index in [0.717, 1.165) is 5.56 Å². The number of methoxy groups -OCH3 is 2. The lowest BCUT2D eigenvalue weighted by Gasteiger charge is -2.14. The number of aryl methyl sites for hydroxylation is 1. The fourth-order valence-corrected chi connectivity index (χ4v) is 4.44. The van der Waals surface area contributed by atoms with Crippen LogP contribution in [-0.2, 0) is 0 Å². The third kappa shape index (κ3) is 5.90. The maximum atomic E-state index is 13.4. The average molecular weight is 561 g/mol. The fraction of sp³-hybridized carbons (Fsp3) is 0.0909. The Morgan fingerprint density at radius 1 is 0.738 bits per heavy atom. The van der Waals surface area contributed by atoms with Gasteiger partial charge in [0.05, 0.1) is 25.5 Å². The van der Waals surface area contributed by atoms with Crippen LogP contribution in [-0.4, -0.2) is 31.1 Å². The molecule has 0 bridgehead atoms. The van der Waals surface area contributed by atoms with E-state index < -0.39 is 5.91 Å². The van der Waals surface area contributed by atoms with E-state index in [2.05, 4.69) is 20.9 Å². The van der Waals surface area contributed by atoms with Gasteiger partial charge in [-0.05, 0) is 66.4 Å². The van der Waals surface area contributed by atoms with E-state index in [4.69, 9.17) is 9.47 Å². The third-order valence-electron chi connectivity index (χ3n) is 6.57. The number of carbonyl (C=O) groups is 2. The van der Waals surface area contributed by atoms with Crippen molar-refractivity contribution >= 4 is 45.3 Å². The number of para-hydroxylation sites is 1. The van der Waals surface area contributed by atoms with Crippen LogP contribution < -0.4 is 20.1 Å². The zero-order chi connectivity index (χ0) is 29.6. The normalized spacial score (nSPS) is 10.9. The van der Waals surface area contributed by atoms with E-state index in [1.54, 1.807) is 60.7 Å². The first-order valence-corrected chi connectivity index (χ1v) is 13.0. The van der Waals surface area contributed by atoms with Gasteiger partial charge in [0, 0.05) is 16.6 Å². The standard InChI is InChI=1S/C33H28N4O5/c1-20-13-15-28(41-2)26(17-20)35-33(40)25-18-21-9-7-8-12-24(21)30(31(25)38)37-36-27-19-22(14-16-29(27)42-3)32(39)34-23-10-5-4-6-11-23/h4-19,38H,1-3H3,(H,34,39)(H,35,40). The molecule has 5 rings (SSSR count). The second kappa shape index (κ2) is 12.2. The summed E-state index contributed by atoms with van der Waals surface area (Å²) in [6, 6.07) is 28.1. The summed E-state index contributed by atoms with van der Waals surface area (Å²) in [5.41, 5.74) is 2.75. The number of nitrogens with one attached hydrogen (secondary N) is 2. The average Bonchev–Trinajstić information content (AvgIpc) is 3.00. The number of phenols is 1. The first kappa shape index (κ1) is 27.9. The second-order valence-corrected chi connectivity index (χ2v) is 9.41. The maximum Gasteiger partial charge on any atom is 0.259 e. The first-order chi connectivity index (χ1) is 20.4. The Bertz CT molecular complexity index is 1820. The Morgan fingerprint density at radius 3 is 2.21 bits per heavy atom. The van der Waals surface area contributed by atoms with Gasteiger partial charge in [0.1, 0.15) is 22.9 Å². The molecule has 5 aromatic carbocycles. The molecule has 5 aromatic rings. The molecule has 9 nitrogen and oxygen atoms in total. The summed E-state index contributed by atoms with van der Waals surface area (Å²) in [7, 11) is 3.00. The van der Waals surface area contributed by atoms with Gasteiger partial charge in [-0.2, -0.15) is 0 Å². The first-order valence-electron chi connectivity index (χ1n) is 13.0. The zero-order valence-corrected chi connectivity index (χ0v) is 23.2. The number of ether oxygens (including phenoxy) is 2. The number of carbonyl (C=O) groups excluding carboxylic acids is 2. The number of benzene rings is 5. The molecule has 210 valence electrons. The highest BCUT2D eigenvalue weighted by molar-refractivity contribution is 6.12. The molecule has 0 unspecified atom stereocenters. The number of fused-ring (bicyclic) bond motifs is 1. The van der Waals surface area contributed by atoms with E-state index in [-0.39, 0.29) is 28.6 Å². The van der Waals surface area contributed by atoms with Crippen molar-refractivity contribution in [2.45, 2.75) is 6.92 Å². The SMILES string of the molecule is COc1ccc(C(=O)Nc2ccccc2)cc1N=Nc1c(O)c(C(=O)Nc2cc(C)ccc2OC)cc2ccccc12. The van der Waals surface area contributed by atoms with Crippen molar-refractivity contribution in [1.82, 2.24) is 0 Å². The number of rotatable bonds is 8. The minimum absolute atomic E-state index is 0.00848. The van der Waals surface area contributed by atoms with Crippen molar-refractivity contribution in [3.05, 3.63) is 114 Å².